The van der Waals surface area contributed by atoms with E-state index < -0.39 is 0 Å². The Bertz CT molecular complexity index is 1390. The number of aromatic nitrogens is 1. The Morgan fingerprint density at radius 3 is 2.38 bits per heavy atom. The zero-order valence-corrected chi connectivity index (χ0v) is 17.6. The van der Waals surface area contributed by atoms with E-state index in [0.29, 0.717) is 11.1 Å². The van der Waals surface area contributed by atoms with E-state index in [2.05, 4.69) is 19.9 Å². The Morgan fingerprint density at radius 1 is 0.862 bits per heavy atom. The van der Waals surface area contributed by atoms with E-state index in [9.17, 15) is 4.79 Å². The van der Waals surface area contributed by atoms with E-state index in [-0.39, 0.29) is 5.63 Å². The summed E-state index contributed by atoms with van der Waals surface area (Å²) in [6.07, 6.45) is 0. The van der Waals surface area contributed by atoms with Gasteiger partial charge in [-0.05, 0) is 32.0 Å². The summed E-state index contributed by atoms with van der Waals surface area (Å²) in [6, 6.07) is 21.7. The van der Waals surface area contributed by atoms with Gasteiger partial charge in [0, 0.05) is 26.3 Å². The quantitative estimate of drug-likeness (QED) is 0.300. The number of benzene rings is 2. The number of thiophene rings is 1. The molecule has 0 bridgehead atoms. The molecule has 0 fully saturated rings. The molecule has 3 heterocycles. The minimum Gasteiger partial charge on any atom is -0.422 e. The molecule has 0 aliphatic rings. The van der Waals surface area contributed by atoms with E-state index >= 15 is 0 Å². The van der Waals surface area contributed by atoms with Crippen molar-refractivity contribution < 1.29 is 4.42 Å². The van der Waals surface area contributed by atoms with Crippen LogP contribution in [0.15, 0.2) is 75.9 Å². The molecule has 142 valence electrons. The minimum absolute atomic E-state index is 0.335. The van der Waals surface area contributed by atoms with Crippen molar-refractivity contribution >= 4 is 33.6 Å². The molecule has 0 aliphatic carbocycles. The molecule has 0 spiro atoms. The van der Waals surface area contributed by atoms with Crippen molar-refractivity contribution in [2.75, 3.05) is 0 Å². The molecule has 5 heteroatoms. The van der Waals surface area contributed by atoms with Crippen molar-refractivity contribution in [3.8, 4) is 32.3 Å². The van der Waals surface area contributed by atoms with Gasteiger partial charge in [0.1, 0.15) is 10.6 Å². The molecule has 0 saturated carbocycles. The highest BCUT2D eigenvalue weighted by Gasteiger charge is 2.21. The number of thiazole rings is 1. The molecule has 0 N–H and O–H groups in total. The average molecular weight is 416 g/mol. The van der Waals surface area contributed by atoms with Gasteiger partial charge in [0.05, 0.1) is 16.1 Å². The molecular weight excluding hydrogens is 398 g/mol. The van der Waals surface area contributed by atoms with Crippen LogP contribution in [0.25, 0.3) is 43.2 Å². The molecule has 0 atom stereocenters. The first kappa shape index (κ1) is 18.0. The van der Waals surface area contributed by atoms with Crippen molar-refractivity contribution in [1.29, 1.82) is 0 Å². The molecule has 0 amide bonds. The Hall–Kier alpha value is -3.02. The smallest absolute Gasteiger partial charge is 0.345 e. The van der Waals surface area contributed by atoms with Crippen molar-refractivity contribution in [2.45, 2.75) is 13.8 Å². The minimum atomic E-state index is -0.335. The lowest BCUT2D eigenvalue weighted by molar-refractivity contribution is 0.564. The fourth-order valence-electron chi connectivity index (χ4n) is 3.48. The lowest BCUT2D eigenvalue weighted by Gasteiger charge is -2.03. The van der Waals surface area contributed by atoms with E-state index in [1.807, 2.05) is 60.7 Å². The van der Waals surface area contributed by atoms with Crippen molar-refractivity contribution in [1.82, 2.24) is 4.98 Å². The molecule has 5 rings (SSSR count). The van der Waals surface area contributed by atoms with Gasteiger partial charge in [-0.1, -0.05) is 48.5 Å². The van der Waals surface area contributed by atoms with Crippen molar-refractivity contribution in [3.05, 3.63) is 86.9 Å². The van der Waals surface area contributed by atoms with Crippen LogP contribution < -0.4 is 5.63 Å². The number of hydrogen-bond acceptors (Lipinski definition) is 5. The SMILES string of the molecule is Cc1cc(-c2nc(-c3ccccc3)sc2-c2cc3ccccc3oc2=O)c(C)s1. The Kier molecular flexibility index (Phi) is 4.42. The summed E-state index contributed by atoms with van der Waals surface area (Å²) < 4.78 is 5.61. The molecule has 3 aromatic heterocycles. The Balaban J connectivity index is 1.80. The summed E-state index contributed by atoms with van der Waals surface area (Å²) in [5.41, 5.74) is 3.78. The van der Waals surface area contributed by atoms with E-state index in [0.717, 1.165) is 32.1 Å². The number of rotatable bonds is 3. The van der Waals surface area contributed by atoms with Gasteiger partial charge in [0.2, 0.25) is 0 Å². The molecule has 29 heavy (non-hydrogen) atoms. The zero-order valence-electron chi connectivity index (χ0n) is 15.9. The van der Waals surface area contributed by atoms with Gasteiger partial charge in [0.15, 0.2) is 0 Å². The second-order valence-electron chi connectivity index (χ2n) is 6.88. The Morgan fingerprint density at radius 2 is 1.62 bits per heavy atom. The monoisotopic (exact) mass is 415 g/mol. The predicted octanol–water partition coefficient (Wildman–Crippen LogP) is 6.93. The zero-order chi connectivity index (χ0) is 20.0. The summed E-state index contributed by atoms with van der Waals surface area (Å²) >= 11 is 3.28. The topological polar surface area (TPSA) is 43.1 Å². The summed E-state index contributed by atoms with van der Waals surface area (Å²) in [6.45, 7) is 4.19. The summed E-state index contributed by atoms with van der Waals surface area (Å²) in [5, 5.41) is 1.80. The van der Waals surface area contributed by atoms with Crippen LogP contribution in [0.2, 0.25) is 0 Å². The van der Waals surface area contributed by atoms with Crippen LogP contribution in [-0.2, 0) is 0 Å². The van der Waals surface area contributed by atoms with Gasteiger partial charge in [-0.15, -0.1) is 22.7 Å². The first-order valence-corrected chi connectivity index (χ1v) is 10.9. The molecule has 0 unspecified atom stereocenters. The standard InChI is InChI=1S/C24H17NO2S2/c1-14-12-18(15(2)28-14)21-22(29-23(25-21)16-8-4-3-5-9-16)19-13-17-10-6-7-11-20(17)27-24(19)26/h3-13H,1-2H3. The normalized spacial score (nSPS) is 11.2. The maximum atomic E-state index is 12.9. The average Bonchev–Trinajstić information content (AvgIpc) is 3.31. The lowest BCUT2D eigenvalue weighted by atomic mass is 10.1. The highest BCUT2D eigenvalue weighted by atomic mass is 32.1. The first-order chi connectivity index (χ1) is 14.1. The highest BCUT2D eigenvalue weighted by Crippen LogP contribution is 2.42. The van der Waals surface area contributed by atoms with Crippen LogP contribution in [0.3, 0.4) is 0 Å². The number of fused-ring (bicyclic) bond motifs is 1. The molecule has 3 nitrogen and oxygen atoms in total. The third kappa shape index (κ3) is 3.22. The van der Waals surface area contributed by atoms with Gasteiger partial charge in [0.25, 0.3) is 0 Å². The van der Waals surface area contributed by atoms with Crippen molar-refractivity contribution in [3.63, 3.8) is 0 Å². The molecule has 2 aromatic carbocycles. The maximum Gasteiger partial charge on any atom is 0.345 e. The van der Waals surface area contributed by atoms with Crippen molar-refractivity contribution in [2.24, 2.45) is 0 Å². The number of nitrogens with zero attached hydrogens (tertiary/aromatic N) is 1. The third-order valence-electron chi connectivity index (χ3n) is 4.83. The third-order valence-corrected chi connectivity index (χ3v) is 6.93. The maximum absolute atomic E-state index is 12.9. The largest absolute Gasteiger partial charge is 0.422 e. The van der Waals surface area contributed by atoms with Crippen LogP contribution in [0.4, 0.5) is 0 Å². The van der Waals surface area contributed by atoms with Crippen LogP contribution in [0, 0.1) is 13.8 Å². The number of hydrogen-bond donors (Lipinski definition) is 0. The molecule has 0 saturated heterocycles. The fourth-order valence-corrected chi connectivity index (χ4v) is 5.49. The summed E-state index contributed by atoms with van der Waals surface area (Å²) in [7, 11) is 0. The van der Waals surface area contributed by atoms with E-state index in [1.54, 1.807) is 11.3 Å². The van der Waals surface area contributed by atoms with Crippen LogP contribution in [0.1, 0.15) is 9.75 Å². The summed E-state index contributed by atoms with van der Waals surface area (Å²) in [5.74, 6) is 0. The van der Waals surface area contributed by atoms with Crippen LogP contribution in [0.5, 0.6) is 0 Å². The number of aryl methyl sites for hydroxylation is 2. The molecule has 0 radical (unpaired) electrons. The van der Waals surface area contributed by atoms with Crippen LogP contribution in [-0.4, -0.2) is 4.98 Å². The highest BCUT2D eigenvalue weighted by molar-refractivity contribution is 7.19. The van der Waals surface area contributed by atoms with E-state index in [1.165, 1.54) is 21.1 Å². The molecular formula is C24H17NO2S2. The lowest BCUT2D eigenvalue weighted by Crippen LogP contribution is -2.02. The van der Waals surface area contributed by atoms with E-state index in [4.69, 9.17) is 9.40 Å². The van der Waals surface area contributed by atoms with Crippen LogP contribution >= 0.6 is 22.7 Å². The summed E-state index contributed by atoms with van der Waals surface area (Å²) in [4.78, 5) is 21.1. The first-order valence-electron chi connectivity index (χ1n) is 9.27. The predicted molar refractivity (Wildman–Crippen MR) is 122 cm³/mol. The second-order valence-corrected chi connectivity index (χ2v) is 9.33. The molecule has 5 aromatic rings. The van der Waals surface area contributed by atoms with Gasteiger partial charge >= 0.3 is 5.63 Å². The Labute approximate surface area is 175 Å². The van der Waals surface area contributed by atoms with Gasteiger partial charge in [-0.3, -0.25) is 0 Å². The second kappa shape index (κ2) is 7.10. The fraction of sp³-hybridized carbons (Fsp3) is 0.0833. The van der Waals surface area contributed by atoms with Gasteiger partial charge in [-0.25, -0.2) is 9.78 Å². The number of para-hydroxylation sites is 1. The van der Waals surface area contributed by atoms with Gasteiger partial charge < -0.3 is 4.42 Å². The molecule has 0 aliphatic heterocycles. The van der Waals surface area contributed by atoms with Gasteiger partial charge in [-0.2, -0.15) is 0 Å².